The molecule has 6 rings (SSSR count). The normalized spacial score (nSPS) is 15.5. The van der Waals surface area contributed by atoms with Crippen LogP contribution < -0.4 is 4.90 Å². The van der Waals surface area contributed by atoms with Crippen molar-refractivity contribution in [3.05, 3.63) is 83.4 Å². The van der Waals surface area contributed by atoms with Gasteiger partial charge in [0, 0.05) is 55.1 Å². The average Bonchev–Trinajstić information content (AvgIpc) is 3.05. The third kappa shape index (κ3) is 5.18. The zero-order valence-electron chi connectivity index (χ0n) is 25.0. The molecule has 10 heteroatoms. The lowest BCUT2D eigenvalue weighted by Crippen LogP contribution is -2.37. The molecule has 2 aliphatic rings. The molecule has 4 aromatic rings. The highest BCUT2D eigenvalue weighted by Crippen LogP contribution is 2.45. The van der Waals surface area contributed by atoms with Gasteiger partial charge in [-0.05, 0) is 88.1 Å². The van der Waals surface area contributed by atoms with E-state index < -0.39 is 21.7 Å². The van der Waals surface area contributed by atoms with Crippen LogP contribution in [0.3, 0.4) is 0 Å². The minimum absolute atomic E-state index is 0.150. The van der Waals surface area contributed by atoms with Gasteiger partial charge in [0.15, 0.2) is 5.65 Å². The van der Waals surface area contributed by atoms with E-state index in [0.29, 0.717) is 54.8 Å². The number of carbonyl (C=O) groups excluding carboxylic acids is 1. The van der Waals surface area contributed by atoms with Crippen LogP contribution in [0.4, 0.5) is 14.9 Å². The number of nitrogens with zero attached hydrogens (tertiary/aromatic N) is 4. The van der Waals surface area contributed by atoms with Crippen LogP contribution in [0.5, 0.6) is 0 Å². The Bertz CT molecular complexity index is 1890. The first-order valence-electron chi connectivity index (χ1n) is 14.4. The predicted octanol–water partition coefficient (Wildman–Crippen LogP) is 6.75. The van der Waals surface area contributed by atoms with Crippen molar-refractivity contribution in [2.75, 3.05) is 25.0 Å². The maximum absolute atomic E-state index is 14.6. The zero-order chi connectivity index (χ0) is 30.7. The molecule has 0 fully saturated rings. The van der Waals surface area contributed by atoms with E-state index >= 15 is 0 Å². The Morgan fingerprint density at radius 2 is 1.77 bits per heavy atom. The number of amides is 1. The van der Waals surface area contributed by atoms with Crippen LogP contribution in [-0.4, -0.2) is 54.1 Å². The molecule has 2 aliphatic heterocycles. The molecule has 0 radical (unpaired) electrons. The van der Waals surface area contributed by atoms with E-state index in [1.165, 1.54) is 16.1 Å². The van der Waals surface area contributed by atoms with Crippen LogP contribution >= 0.6 is 0 Å². The number of rotatable bonds is 3. The number of halogens is 1. The second-order valence-electron chi connectivity index (χ2n) is 12.2. The number of benzene rings is 2. The van der Waals surface area contributed by atoms with Gasteiger partial charge in [0.2, 0.25) is 0 Å². The fourth-order valence-electron chi connectivity index (χ4n) is 5.97. The zero-order valence-corrected chi connectivity index (χ0v) is 25.8. The van der Waals surface area contributed by atoms with Crippen molar-refractivity contribution in [2.24, 2.45) is 0 Å². The molecule has 0 spiro atoms. The summed E-state index contributed by atoms with van der Waals surface area (Å²) in [7, 11) is -2.19. The first kappa shape index (κ1) is 28.9. The molecular weight excluding hydrogens is 567 g/mol. The second-order valence-corrected chi connectivity index (χ2v) is 14.0. The summed E-state index contributed by atoms with van der Waals surface area (Å²) in [6, 6.07) is 13.3. The number of aromatic nitrogens is 2. The molecule has 0 aliphatic carbocycles. The van der Waals surface area contributed by atoms with Crippen LogP contribution in [-0.2, 0) is 21.3 Å². The molecule has 2 aromatic carbocycles. The molecule has 0 saturated heterocycles. The Morgan fingerprint density at radius 3 is 2.49 bits per heavy atom. The number of pyridine rings is 1. The summed E-state index contributed by atoms with van der Waals surface area (Å²) in [5.74, 6) is -0.374. The maximum Gasteiger partial charge on any atom is 0.410 e. The quantitative estimate of drug-likeness (QED) is 0.258. The van der Waals surface area contributed by atoms with Crippen LogP contribution in [0.2, 0.25) is 0 Å². The molecule has 224 valence electrons. The van der Waals surface area contributed by atoms with Crippen molar-refractivity contribution < 1.29 is 22.3 Å². The number of ether oxygens (including phenoxy) is 1. The molecule has 0 unspecified atom stereocenters. The van der Waals surface area contributed by atoms with Gasteiger partial charge in [0.05, 0.1) is 10.6 Å². The largest absolute Gasteiger partial charge is 0.444 e. The Morgan fingerprint density at radius 1 is 1.02 bits per heavy atom. The van der Waals surface area contributed by atoms with E-state index in [2.05, 4.69) is 4.98 Å². The number of aryl methyl sites for hydroxylation is 1. The van der Waals surface area contributed by atoms with Gasteiger partial charge in [-0.3, -0.25) is 0 Å². The predicted molar refractivity (Wildman–Crippen MR) is 166 cm³/mol. The molecule has 0 atom stereocenters. The SMILES string of the molecule is Cc1ccc(S(=O)(=O)n2c(C3=CCCN(C(=O)OC(C)(C)C)CC3)c3c4c(ccnc42)-c2cc(F)ccc2N(C)C3)cc1. The number of carbonyl (C=O) groups is 1. The number of hydrogen-bond acceptors (Lipinski definition) is 6. The molecule has 8 nitrogen and oxygen atoms in total. The van der Waals surface area contributed by atoms with Gasteiger partial charge in [-0.15, -0.1) is 0 Å². The van der Waals surface area contributed by atoms with Gasteiger partial charge >= 0.3 is 6.09 Å². The Kier molecular flexibility index (Phi) is 7.07. The van der Waals surface area contributed by atoms with Gasteiger partial charge in [-0.25, -0.2) is 26.6 Å². The first-order valence-corrected chi connectivity index (χ1v) is 15.8. The van der Waals surface area contributed by atoms with E-state index in [1.807, 2.05) is 51.8 Å². The molecule has 43 heavy (non-hydrogen) atoms. The van der Waals surface area contributed by atoms with Gasteiger partial charge in [-0.1, -0.05) is 23.8 Å². The fourth-order valence-corrected chi connectivity index (χ4v) is 7.49. The lowest BCUT2D eigenvalue weighted by Gasteiger charge is -2.26. The number of hydrogen-bond donors (Lipinski definition) is 0. The maximum atomic E-state index is 14.6. The second kappa shape index (κ2) is 10.5. The van der Waals surface area contributed by atoms with Crippen molar-refractivity contribution in [1.29, 1.82) is 0 Å². The highest BCUT2D eigenvalue weighted by atomic mass is 32.2. The summed E-state index contributed by atoms with van der Waals surface area (Å²) in [6.07, 6.45) is 4.16. The minimum Gasteiger partial charge on any atom is -0.444 e. The lowest BCUT2D eigenvalue weighted by atomic mass is 9.98. The Balaban J connectivity index is 1.58. The third-order valence-corrected chi connectivity index (χ3v) is 9.63. The van der Waals surface area contributed by atoms with Crippen molar-refractivity contribution in [2.45, 2.75) is 57.6 Å². The fraction of sp³-hybridized carbons (Fsp3) is 0.333. The summed E-state index contributed by atoms with van der Waals surface area (Å²) < 4.78 is 50.6. The van der Waals surface area contributed by atoms with Crippen molar-refractivity contribution in [1.82, 2.24) is 13.9 Å². The van der Waals surface area contributed by atoms with Gasteiger partial charge in [0.1, 0.15) is 11.4 Å². The molecule has 0 bridgehead atoms. The van der Waals surface area contributed by atoms with E-state index in [0.717, 1.165) is 28.0 Å². The van der Waals surface area contributed by atoms with Gasteiger partial charge < -0.3 is 14.5 Å². The standard InChI is InChI=1S/C33H35FN4O4S/c1-21-8-11-24(12-9-21)43(40,41)38-30(22-7-6-17-37(18-15-22)32(39)42-33(2,3)4)27-20-36(5)28-13-10-23(34)19-26(28)25-14-16-35-31(38)29(25)27/h7-14,16,19H,6,15,17-18,20H2,1-5H3. The van der Waals surface area contributed by atoms with Crippen LogP contribution in [0.1, 0.15) is 50.4 Å². The summed E-state index contributed by atoms with van der Waals surface area (Å²) >= 11 is 0. The first-order chi connectivity index (χ1) is 20.3. The average molecular weight is 603 g/mol. The van der Waals surface area contributed by atoms with Crippen LogP contribution in [0.15, 0.2) is 65.7 Å². The lowest BCUT2D eigenvalue weighted by molar-refractivity contribution is 0.0260. The van der Waals surface area contributed by atoms with E-state index in [-0.39, 0.29) is 10.7 Å². The van der Waals surface area contributed by atoms with Gasteiger partial charge in [-0.2, -0.15) is 0 Å². The van der Waals surface area contributed by atoms with Crippen LogP contribution in [0, 0.1) is 12.7 Å². The van der Waals surface area contributed by atoms with Crippen molar-refractivity contribution in [3.63, 3.8) is 0 Å². The van der Waals surface area contributed by atoms with Crippen molar-refractivity contribution in [3.8, 4) is 11.1 Å². The highest BCUT2D eigenvalue weighted by molar-refractivity contribution is 7.90. The summed E-state index contributed by atoms with van der Waals surface area (Å²) in [4.78, 5) is 21.4. The summed E-state index contributed by atoms with van der Waals surface area (Å²) in [5.41, 5.74) is 5.01. The van der Waals surface area contributed by atoms with E-state index in [1.54, 1.807) is 41.4 Å². The minimum atomic E-state index is -4.11. The topological polar surface area (TPSA) is 84.7 Å². The monoisotopic (exact) mass is 602 g/mol. The third-order valence-electron chi connectivity index (χ3n) is 7.93. The smallest absolute Gasteiger partial charge is 0.410 e. The van der Waals surface area contributed by atoms with E-state index in [9.17, 15) is 17.6 Å². The Labute approximate surface area is 251 Å². The molecule has 1 amide bonds. The summed E-state index contributed by atoms with van der Waals surface area (Å²) in [5, 5.41) is 0.679. The number of fused-ring (bicyclic) bond motifs is 2. The summed E-state index contributed by atoms with van der Waals surface area (Å²) in [6.45, 7) is 8.61. The molecular formula is C33H35FN4O4S. The Hall–Kier alpha value is -4.18. The highest BCUT2D eigenvalue weighted by Gasteiger charge is 2.34. The van der Waals surface area contributed by atoms with E-state index in [4.69, 9.17) is 4.74 Å². The van der Waals surface area contributed by atoms with Crippen LogP contribution in [0.25, 0.3) is 27.7 Å². The molecule has 2 aromatic heterocycles. The van der Waals surface area contributed by atoms with Gasteiger partial charge in [0.25, 0.3) is 10.0 Å². The number of anilines is 1. The van der Waals surface area contributed by atoms with Crippen molar-refractivity contribution >= 4 is 38.4 Å². The molecule has 0 saturated carbocycles. The molecule has 4 heterocycles. The molecule has 0 N–H and O–H groups in total.